The van der Waals surface area contributed by atoms with E-state index in [2.05, 4.69) is 41.2 Å². The molecule has 4 fully saturated rings. The Kier molecular flexibility index (Phi) is 3.77. The zero-order valence-corrected chi connectivity index (χ0v) is 17.1. The lowest BCUT2D eigenvalue weighted by Gasteiger charge is -2.60. The summed E-state index contributed by atoms with van der Waals surface area (Å²) in [6.07, 6.45) is 8.73. The number of aliphatic hydroxyl groups is 1. The first-order valence-electron chi connectivity index (χ1n) is 11.2. The molecule has 0 spiro atoms. The van der Waals surface area contributed by atoms with Gasteiger partial charge in [-0.2, -0.15) is 5.10 Å². The van der Waals surface area contributed by atoms with Crippen LogP contribution in [0.25, 0.3) is 5.69 Å². The van der Waals surface area contributed by atoms with Crippen molar-refractivity contribution in [1.82, 2.24) is 14.7 Å². The van der Waals surface area contributed by atoms with Crippen LogP contribution in [0.1, 0.15) is 60.1 Å². The lowest BCUT2D eigenvalue weighted by Crippen LogP contribution is -2.62. The van der Waals surface area contributed by atoms with E-state index in [0.717, 1.165) is 55.6 Å². The molecule has 152 valence electrons. The molecule has 1 aromatic carbocycles. The maximum Gasteiger partial charge on any atom is 0.257 e. The van der Waals surface area contributed by atoms with Gasteiger partial charge in [0, 0.05) is 12.6 Å². The number of hydrogen-bond acceptors (Lipinski definition) is 3. The lowest BCUT2D eigenvalue weighted by molar-refractivity contribution is -0.154. The molecule has 1 amide bonds. The van der Waals surface area contributed by atoms with Gasteiger partial charge in [-0.3, -0.25) is 4.79 Å². The summed E-state index contributed by atoms with van der Waals surface area (Å²) in [4.78, 5) is 15.8. The van der Waals surface area contributed by atoms with Crippen molar-refractivity contribution in [2.45, 2.75) is 63.5 Å². The highest BCUT2D eigenvalue weighted by molar-refractivity contribution is 5.96. The summed E-state index contributed by atoms with van der Waals surface area (Å²) in [7, 11) is 0. The molecular formula is C24H29N3O2. The highest BCUT2D eigenvalue weighted by Gasteiger charge is 2.56. The first kappa shape index (κ1) is 17.7. The predicted octanol–water partition coefficient (Wildman–Crippen LogP) is 3.51. The number of rotatable bonds is 2. The minimum Gasteiger partial charge on any atom is -0.390 e. The van der Waals surface area contributed by atoms with Crippen molar-refractivity contribution in [2.24, 2.45) is 17.8 Å². The second kappa shape index (κ2) is 6.18. The smallest absolute Gasteiger partial charge is 0.257 e. The Morgan fingerprint density at radius 3 is 2.52 bits per heavy atom. The highest BCUT2D eigenvalue weighted by atomic mass is 16.3. The summed E-state index contributed by atoms with van der Waals surface area (Å²) in [6, 6.07) is 8.64. The molecule has 2 unspecified atom stereocenters. The van der Waals surface area contributed by atoms with Crippen LogP contribution in [0.2, 0.25) is 0 Å². The van der Waals surface area contributed by atoms with E-state index in [1.807, 2.05) is 4.68 Å². The number of benzene rings is 1. The minimum atomic E-state index is -0.455. The monoisotopic (exact) mass is 391 g/mol. The fourth-order valence-electron chi connectivity index (χ4n) is 7.12. The van der Waals surface area contributed by atoms with Crippen LogP contribution in [0.5, 0.6) is 0 Å². The van der Waals surface area contributed by atoms with Crippen molar-refractivity contribution >= 4 is 5.91 Å². The normalized spacial score (nSPS) is 35.7. The van der Waals surface area contributed by atoms with Crippen molar-refractivity contribution < 1.29 is 9.90 Å². The first-order chi connectivity index (χ1) is 14.0. The molecule has 0 radical (unpaired) electrons. The molecule has 1 aliphatic heterocycles. The van der Waals surface area contributed by atoms with Crippen molar-refractivity contribution in [2.75, 3.05) is 6.54 Å². The Labute approximate surface area is 171 Å². The van der Waals surface area contributed by atoms with Crippen LogP contribution in [0.4, 0.5) is 0 Å². The zero-order valence-electron chi connectivity index (χ0n) is 17.1. The van der Waals surface area contributed by atoms with Gasteiger partial charge in [0.2, 0.25) is 0 Å². The number of carbonyl (C=O) groups excluding carboxylic acids is 1. The maximum atomic E-state index is 13.6. The Balaban J connectivity index is 1.33. The van der Waals surface area contributed by atoms with Crippen LogP contribution in [-0.2, 0) is 6.42 Å². The van der Waals surface area contributed by atoms with E-state index in [1.54, 1.807) is 6.20 Å². The lowest BCUT2D eigenvalue weighted by atomic mass is 9.52. The van der Waals surface area contributed by atoms with Crippen molar-refractivity contribution in [1.29, 1.82) is 0 Å². The second-order valence-corrected chi connectivity index (χ2v) is 10.0. The molecule has 5 heteroatoms. The minimum absolute atomic E-state index is 0.153. The van der Waals surface area contributed by atoms with Gasteiger partial charge in [-0.25, -0.2) is 4.68 Å². The molecular weight excluding hydrogens is 362 g/mol. The maximum absolute atomic E-state index is 13.6. The number of aryl methyl sites for hydroxylation is 1. The van der Waals surface area contributed by atoms with Gasteiger partial charge >= 0.3 is 0 Å². The molecule has 7 rings (SSSR count). The number of nitrogens with zero attached hydrogens (tertiary/aromatic N) is 3. The number of fused-ring (bicyclic) bond motifs is 1. The standard InChI is InChI=1S/C24H29N3O2/c1-15-4-6-19(7-5-15)27-21-3-2-8-26(23(28)20(21)14-25-27)22-17-9-16-10-18(22)13-24(29,11-16)12-17/h4-7,14,16-18,22,29H,2-3,8-13H2,1H3. The first-order valence-corrected chi connectivity index (χ1v) is 11.2. The fourth-order valence-corrected chi connectivity index (χ4v) is 7.12. The Morgan fingerprint density at radius 2 is 1.83 bits per heavy atom. The molecule has 1 aromatic heterocycles. The molecule has 4 aliphatic carbocycles. The SMILES string of the molecule is Cc1ccc(-n2ncc3c2CCCN(C2C4CC5CC2CC(O)(C5)C4)C3=O)cc1. The molecule has 2 aromatic rings. The average molecular weight is 392 g/mol. The van der Waals surface area contributed by atoms with Gasteiger partial charge < -0.3 is 10.0 Å². The molecule has 1 N–H and O–H groups in total. The quantitative estimate of drug-likeness (QED) is 0.852. The van der Waals surface area contributed by atoms with Gasteiger partial charge in [0.15, 0.2) is 0 Å². The van der Waals surface area contributed by atoms with Crippen LogP contribution >= 0.6 is 0 Å². The van der Waals surface area contributed by atoms with Crippen LogP contribution in [0.15, 0.2) is 30.5 Å². The van der Waals surface area contributed by atoms with E-state index < -0.39 is 5.60 Å². The number of amides is 1. The van der Waals surface area contributed by atoms with E-state index in [-0.39, 0.29) is 5.91 Å². The van der Waals surface area contributed by atoms with E-state index in [4.69, 9.17) is 0 Å². The molecule has 2 heterocycles. The zero-order chi connectivity index (χ0) is 19.8. The largest absolute Gasteiger partial charge is 0.390 e. The molecule has 0 saturated heterocycles. The van der Waals surface area contributed by atoms with Crippen molar-refractivity contribution in [3.63, 3.8) is 0 Å². The summed E-state index contributed by atoms with van der Waals surface area (Å²) >= 11 is 0. The van der Waals surface area contributed by atoms with E-state index in [0.29, 0.717) is 23.8 Å². The average Bonchev–Trinajstić information content (AvgIpc) is 3.02. The Bertz CT molecular complexity index is 947. The summed E-state index contributed by atoms with van der Waals surface area (Å²) in [5, 5.41) is 15.5. The molecule has 4 bridgehead atoms. The highest BCUT2D eigenvalue weighted by Crippen LogP contribution is 2.57. The van der Waals surface area contributed by atoms with Gasteiger partial charge in [-0.05, 0) is 81.8 Å². The van der Waals surface area contributed by atoms with Gasteiger partial charge in [-0.1, -0.05) is 17.7 Å². The van der Waals surface area contributed by atoms with Crippen LogP contribution < -0.4 is 0 Å². The Morgan fingerprint density at radius 1 is 1.10 bits per heavy atom. The van der Waals surface area contributed by atoms with Gasteiger partial charge in [0.1, 0.15) is 0 Å². The summed E-state index contributed by atoms with van der Waals surface area (Å²) in [6.45, 7) is 2.90. The summed E-state index contributed by atoms with van der Waals surface area (Å²) < 4.78 is 1.95. The number of carbonyl (C=O) groups is 1. The van der Waals surface area contributed by atoms with Crippen LogP contribution in [0, 0.1) is 24.7 Å². The predicted molar refractivity (Wildman–Crippen MR) is 110 cm³/mol. The second-order valence-electron chi connectivity index (χ2n) is 10.0. The third-order valence-corrected chi connectivity index (χ3v) is 8.00. The third-order valence-electron chi connectivity index (χ3n) is 8.00. The van der Waals surface area contributed by atoms with Gasteiger partial charge in [0.05, 0.1) is 28.7 Å². The molecule has 5 nitrogen and oxygen atoms in total. The number of aromatic nitrogens is 2. The topological polar surface area (TPSA) is 58.4 Å². The summed E-state index contributed by atoms with van der Waals surface area (Å²) in [5.41, 5.74) is 3.61. The Hall–Kier alpha value is -2.14. The molecule has 4 saturated carbocycles. The molecule has 5 aliphatic rings. The summed E-state index contributed by atoms with van der Waals surface area (Å²) in [5.74, 6) is 1.74. The molecule has 29 heavy (non-hydrogen) atoms. The van der Waals surface area contributed by atoms with E-state index in [1.165, 1.54) is 18.4 Å². The van der Waals surface area contributed by atoms with Gasteiger partial charge in [0.25, 0.3) is 5.91 Å². The van der Waals surface area contributed by atoms with Gasteiger partial charge in [-0.15, -0.1) is 0 Å². The number of hydrogen-bond donors (Lipinski definition) is 1. The van der Waals surface area contributed by atoms with Crippen LogP contribution in [-0.4, -0.2) is 43.9 Å². The molecule has 2 atom stereocenters. The van der Waals surface area contributed by atoms with E-state index in [9.17, 15) is 9.90 Å². The van der Waals surface area contributed by atoms with E-state index >= 15 is 0 Å². The fraction of sp³-hybridized carbons (Fsp3) is 0.583. The van der Waals surface area contributed by atoms with Crippen molar-refractivity contribution in [3.8, 4) is 5.69 Å². The van der Waals surface area contributed by atoms with Crippen molar-refractivity contribution in [3.05, 3.63) is 47.3 Å². The van der Waals surface area contributed by atoms with Crippen LogP contribution in [0.3, 0.4) is 0 Å². The third kappa shape index (κ3) is 2.70.